The van der Waals surface area contributed by atoms with Gasteiger partial charge in [-0.3, -0.25) is 0 Å². The number of hydrogen-bond acceptors (Lipinski definition) is 1. The minimum absolute atomic E-state index is 0.998. The molecule has 0 amide bonds. The van der Waals surface area contributed by atoms with Crippen LogP contribution < -0.4 is 0 Å². The lowest BCUT2D eigenvalue weighted by molar-refractivity contribution is 1.26. The number of rotatable bonds is 2. The van der Waals surface area contributed by atoms with Gasteiger partial charge in [-0.2, -0.15) is 0 Å². The maximum atomic E-state index is 2.43. The van der Waals surface area contributed by atoms with Crippen LogP contribution in [0.25, 0.3) is 75.1 Å². The summed E-state index contributed by atoms with van der Waals surface area (Å²) in [6.45, 7) is 4.41. The van der Waals surface area contributed by atoms with Gasteiger partial charge in [0.25, 0.3) is 0 Å². The second-order valence-corrected chi connectivity index (χ2v) is 13.0. The SMILES string of the molecule is Cc1ccc2sc3cc(-c4cc(C)cc5c4ccc4ccc(-c6cccc7c6Cc6ccccc6-7)cc45)ccc3c2c1. The second kappa shape index (κ2) is 8.89. The summed E-state index contributed by atoms with van der Waals surface area (Å²) in [7, 11) is 0. The van der Waals surface area contributed by atoms with E-state index in [1.165, 1.54) is 97.4 Å². The van der Waals surface area contributed by atoms with Crippen LogP contribution in [0.1, 0.15) is 22.3 Å². The summed E-state index contributed by atoms with van der Waals surface area (Å²) in [6, 6.07) is 45.9. The van der Waals surface area contributed by atoms with Crippen molar-refractivity contribution in [3.8, 4) is 33.4 Å². The van der Waals surface area contributed by atoms with Crippen molar-refractivity contribution < 1.29 is 0 Å². The molecule has 0 spiro atoms. The van der Waals surface area contributed by atoms with E-state index in [1.54, 1.807) is 0 Å². The Labute approximate surface area is 249 Å². The first kappa shape index (κ1) is 23.9. The van der Waals surface area contributed by atoms with Gasteiger partial charge in [-0.15, -0.1) is 11.3 Å². The van der Waals surface area contributed by atoms with E-state index in [1.807, 2.05) is 11.3 Å². The number of aryl methyl sites for hydroxylation is 2. The van der Waals surface area contributed by atoms with Gasteiger partial charge in [0.2, 0.25) is 0 Å². The summed E-state index contributed by atoms with van der Waals surface area (Å²) in [5, 5.41) is 7.96. The zero-order chi connectivity index (χ0) is 27.9. The Bertz CT molecular complexity index is 2400. The summed E-state index contributed by atoms with van der Waals surface area (Å²) in [5.74, 6) is 0. The van der Waals surface area contributed by atoms with Crippen molar-refractivity contribution in [1.82, 2.24) is 0 Å². The molecule has 0 unspecified atom stereocenters. The number of benzene rings is 7. The largest absolute Gasteiger partial charge is 0.135 e. The van der Waals surface area contributed by atoms with E-state index in [9.17, 15) is 0 Å². The fraction of sp³-hybridized carbons (Fsp3) is 0.0732. The molecule has 1 aromatic heterocycles. The average Bonchev–Trinajstić information content (AvgIpc) is 3.58. The van der Waals surface area contributed by atoms with Gasteiger partial charge >= 0.3 is 0 Å². The lowest BCUT2D eigenvalue weighted by Crippen LogP contribution is -1.90. The van der Waals surface area contributed by atoms with Gasteiger partial charge in [0.15, 0.2) is 0 Å². The topological polar surface area (TPSA) is 0 Å². The van der Waals surface area contributed by atoms with E-state index >= 15 is 0 Å². The van der Waals surface area contributed by atoms with E-state index in [0.29, 0.717) is 0 Å². The molecule has 9 rings (SSSR count). The van der Waals surface area contributed by atoms with E-state index in [-0.39, 0.29) is 0 Å². The molecule has 0 fully saturated rings. The third-order valence-corrected chi connectivity index (χ3v) is 10.3. The smallest absolute Gasteiger partial charge is 0.0361 e. The van der Waals surface area contributed by atoms with Crippen LogP contribution in [0.2, 0.25) is 0 Å². The summed E-state index contributed by atoms with van der Waals surface area (Å²) >= 11 is 1.90. The molecule has 0 nitrogen and oxygen atoms in total. The molecule has 8 aromatic rings. The molecule has 0 saturated carbocycles. The molecule has 1 heterocycles. The molecule has 0 atom stereocenters. The molecule has 198 valence electrons. The van der Waals surface area contributed by atoms with Gasteiger partial charge in [0.1, 0.15) is 0 Å². The molecule has 0 N–H and O–H groups in total. The maximum absolute atomic E-state index is 2.43. The molecular weight excluding hydrogens is 525 g/mol. The van der Waals surface area contributed by atoms with Crippen LogP contribution in [-0.2, 0) is 6.42 Å². The molecule has 1 heteroatoms. The predicted octanol–water partition coefficient (Wildman–Crippen LogP) is 11.9. The maximum Gasteiger partial charge on any atom is 0.0361 e. The molecular formula is C41H28S. The van der Waals surface area contributed by atoms with Crippen molar-refractivity contribution >= 4 is 53.1 Å². The first-order valence-electron chi connectivity index (χ1n) is 14.7. The molecule has 0 aliphatic heterocycles. The van der Waals surface area contributed by atoms with E-state index in [2.05, 4.69) is 135 Å². The minimum atomic E-state index is 0.998. The molecule has 7 aromatic carbocycles. The summed E-state index contributed by atoms with van der Waals surface area (Å²) in [6.07, 6.45) is 0.998. The Morgan fingerprint density at radius 2 is 1.21 bits per heavy atom. The van der Waals surface area contributed by atoms with Crippen molar-refractivity contribution in [2.45, 2.75) is 20.3 Å². The highest BCUT2D eigenvalue weighted by Crippen LogP contribution is 2.43. The second-order valence-electron chi connectivity index (χ2n) is 11.9. The molecule has 1 aliphatic rings. The Balaban J connectivity index is 1.23. The van der Waals surface area contributed by atoms with Crippen molar-refractivity contribution in [2.24, 2.45) is 0 Å². The fourth-order valence-electron chi connectivity index (χ4n) is 7.20. The lowest BCUT2D eigenvalue weighted by Gasteiger charge is -2.14. The Morgan fingerprint density at radius 1 is 0.452 bits per heavy atom. The first-order valence-corrected chi connectivity index (χ1v) is 15.5. The van der Waals surface area contributed by atoms with Gasteiger partial charge in [-0.1, -0.05) is 103 Å². The molecule has 1 aliphatic carbocycles. The summed E-state index contributed by atoms with van der Waals surface area (Å²) in [5.41, 5.74) is 13.5. The third-order valence-electron chi connectivity index (χ3n) is 9.20. The number of fused-ring (bicyclic) bond motifs is 9. The number of hydrogen-bond donors (Lipinski definition) is 0. The van der Waals surface area contributed by atoms with Crippen LogP contribution >= 0.6 is 11.3 Å². The zero-order valence-electron chi connectivity index (χ0n) is 23.7. The monoisotopic (exact) mass is 552 g/mol. The van der Waals surface area contributed by atoms with Crippen molar-refractivity contribution in [3.63, 3.8) is 0 Å². The van der Waals surface area contributed by atoms with Crippen molar-refractivity contribution in [2.75, 3.05) is 0 Å². The van der Waals surface area contributed by atoms with Gasteiger partial charge in [-0.05, 0) is 116 Å². The van der Waals surface area contributed by atoms with Crippen molar-refractivity contribution in [3.05, 3.63) is 144 Å². The first-order chi connectivity index (χ1) is 20.6. The molecule has 0 saturated heterocycles. The van der Waals surface area contributed by atoms with Gasteiger partial charge in [0, 0.05) is 20.2 Å². The van der Waals surface area contributed by atoms with Crippen LogP contribution in [0.3, 0.4) is 0 Å². The van der Waals surface area contributed by atoms with E-state index < -0.39 is 0 Å². The van der Waals surface area contributed by atoms with E-state index in [4.69, 9.17) is 0 Å². The van der Waals surface area contributed by atoms with Crippen LogP contribution in [-0.4, -0.2) is 0 Å². The standard InChI is InChI=1S/C41H28S/c1-24-10-17-40-39(18-24)34-16-14-29(23-41(34)42-40)35-19-25(2)20-37-33(35)15-13-26-11-12-28(21-36(26)37)31-8-5-9-32-30-7-4-3-6-27(30)22-38(31)32/h3-21,23H,22H2,1-2H3. The molecule has 42 heavy (non-hydrogen) atoms. The Morgan fingerprint density at radius 3 is 2.17 bits per heavy atom. The minimum Gasteiger partial charge on any atom is -0.135 e. The summed E-state index contributed by atoms with van der Waals surface area (Å²) in [4.78, 5) is 0. The average molecular weight is 553 g/mol. The Kier molecular flexibility index (Phi) is 5.06. The van der Waals surface area contributed by atoms with Crippen LogP contribution in [0.5, 0.6) is 0 Å². The highest BCUT2D eigenvalue weighted by molar-refractivity contribution is 7.25. The normalized spacial score (nSPS) is 12.4. The van der Waals surface area contributed by atoms with Crippen LogP contribution in [0.4, 0.5) is 0 Å². The van der Waals surface area contributed by atoms with Gasteiger partial charge in [0.05, 0.1) is 0 Å². The third kappa shape index (κ3) is 3.54. The number of thiophene rings is 1. The highest BCUT2D eigenvalue weighted by atomic mass is 32.1. The lowest BCUT2D eigenvalue weighted by atomic mass is 9.90. The highest BCUT2D eigenvalue weighted by Gasteiger charge is 2.21. The van der Waals surface area contributed by atoms with E-state index in [0.717, 1.165) is 6.42 Å². The van der Waals surface area contributed by atoms with Gasteiger partial charge in [-0.25, -0.2) is 0 Å². The van der Waals surface area contributed by atoms with Crippen LogP contribution in [0, 0.1) is 13.8 Å². The van der Waals surface area contributed by atoms with Gasteiger partial charge < -0.3 is 0 Å². The van der Waals surface area contributed by atoms with Crippen LogP contribution in [0.15, 0.2) is 121 Å². The fourth-order valence-corrected chi connectivity index (χ4v) is 8.33. The molecule has 0 radical (unpaired) electrons. The zero-order valence-corrected chi connectivity index (χ0v) is 24.5. The van der Waals surface area contributed by atoms with Crippen molar-refractivity contribution in [1.29, 1.82) is 0 Å². The molecule has 0 bridgehead atoms. The Hall–Kier alpha value is -4.72. The quantitative estimate of drug-likeness (QED) is 0.187. The summed E-state index contributed by atoms with van der Waals surface area (Å²) < 4.78 is 2.71. The predicted molar refractivity (Wildman–Crippen MR) is 183 cm³/mol.